The second-order valence-electron chi connectivity index (χ2n) is 3.89. The van der Waals surface area contributed by atoms with Crippen molar-refractivity contribution >= 4 is 5.91 Å². The Labute approximate surface area is 105 Å². The molecule has 5 nitrogen and oxygen atoms in total. The van der Waals surface area contributed by atoms with Gasteiger partial charge in [0, 0.05) is 25.9 Å². The number of benzene rings is 1. The monoisotopic (exact) mass is 245 g/mol. The Morgan fingerprint density at radius 3 is 2.94 bits per heavy atom. The maximum atomic E-state index is 11.1. The minimum absolute atomic E-state index is 0.0208. The summed E-state index contributed by atoms with van der Waals surface area (Å²) in [6.45, 7) is 0.0208. The van der Waals surface area contributed by atoms with Crippen LogP contribution in [0.2, 0.25) is 0 Å². The number of nitrogens with one attached hydrogen (secondary N) is 1. The zero-order valence-corrected chi connectivity index (χ0v) is 10.4. The van der Waals surface area contributed by atoms with Gasteiger partial charge in [-0.3, -0.25) is 9.48 Å². The van der Waals surface area contributed by atoms with Crippen molar-refractivity contribution in [1.82, 2.24) is 15.1 Å². The molecule has 94 valence electrons. The molecule has 1 N–H and O–H groups in total. The van der Waals surface area contributed by atoms with E-state index < -0.39 is 0 Å². The fraction of sp³-hybridized carbons (Fsp3) is 0.231. The second kappa shape index (κ2) is 5.35. The van der Waals surface area contributed by atoms with Gasteiger partial charge in [-0.25, -0.2) is 0 Å². The molecule has 1 amide bonds. The normalized spacial score (nSPS) is 10.1. The van der Waals surface area contributed by atoms with E-state index in [0.29, 0.717) is 5.75 Å². The van der Waals surface area contributed by atoms with Crippen LogP contribution < -0.4 is 10.1 Å². The zero-order valence-electron chi connectivity index (χ0n) is 10.4. The first kappa shape index (κ1) is 12.2. The molecule has 1 aromatic carbocycles. The first-order chi connectivity index (χ1) is 8.69. The fourth-order valence-electron chi connectivity index (χ4n) is 1.56. The van der Waals surface area contributed by atoms with Crippen LogP contribution in [0, 0.1) is 0 Å². The quantitative estimate of drug-likeness (QED) is 0.881. The number of carbonyl (C=O) groups excluding carboxylic acids is 1. The minimum atomic E-state index is -0.151. The molecule has 2 rings (SSSR count). The molecule has 0 saturated heterocycles. The highest BCUT2D eigenvalue weighted by Gasteiger charge is 2.03. The maximum Gasteiger partial charge on any atom is 0.257 e. The highest BCUT2D eigenvalue weighted by molar-refractivity contribution is 5.77. The number of carbonyl (C=O) groups is 1. The summed E-state index contributed by atoms with van der Waals surface area (Å²) < 4.78 is 7.13. The van der Waals surface area contributed by atoms with Crippen molar-refractivity contribution < 1.29 is 9.53 Å². The summed E-state index contributed by atoms with van der Waals surface area (Å²) in [6, 6.07) is 7.58. The Morgan fingerprint density at radius 1 is 1.44 bits per heavy atom. The highest BCUT2D eigenvalue weighted by atomic mass is 16.5. The van der Waals surface area contributed by atoms with Crippen molar-refractivity contribution in [2.75, 3.05) is 13.7 Å². The molecule has 1 heterocycles. The predicted molar refractivity (Wildman–Crippen MR) is 68.2 cm³/mol. The van der Waals surface area contributed by atoms with Crippen LogP contribution >= 0.6 is 0 Å². The van der Waals surface area contributed by atoms with E-state index in [2.05, 4.69) is 10.4 Å². The van der Waals surface area contributed by atoms with Crippen LogP contribution in [-0.2, 0) is 11.8 Å². The van der Waals surface area contributed by atoms with Crippen LogP contribution in [0.4, 0.5) is 0 Å². The number of aromatic nitrogens is 2. The van der Waals surface area contributed by atoms with E-state index in [9.17, 15) is 4.79 Å². The van der Waals surface area contributed by atoms with Gasteiger partial charge in [-0.15, -0.1) is 0 Å². The molecule has 0 spiro atoms. The number of hydrogen-bond donors (Lipinski definition) is 1. The van der Waals surface area contributed by atoms with Crippen molar-refractivity contribution in [3.63, 3.8) is 0 Å². The third-order valence-electron chi connectivity index (χ3n) is 2.52. The molecule has 0 unspecified atom stereocenters. The smallest absolute Gasteiger partial charge is 0.257 e. The fourth-order valence-corrected chi connectivity index (χ4v) is 1.56. The van der Waals surface area contributed by atoms with Gasteiger partial charge < -0.3 is 10.1 Å². The van der Waals surface area contributed by atoms with Crippen LogP contribution in [0.3, 0.4) is 0 Å². The molecule has 0 aliphatic heterocycles. The Kier molecular flexibility index (Phi) is 3.62. The standard InChI is InChI=1S/C13H15N3O2/c1-14-13(17)9-18-12-5-3-4-10(6-12)11-7-15-16(2)8-11/h3-8H,9H2,1-2H3,(H,14,17). The summed E-state index contributed by atoms with van der Waals surface area (Å²) in [5, 5.41) is 6.63. The van der Waals surface area contributed by atoms with Crippen LogP contribution in [0.1, 0.15) is 0 Å². The Morgan fingerprint density at radius 2 is 2.28 bits per heavy atom. The number of aryl methyl sites for hydroxylation is 1. The SMILES string of the molecule is CNC(=O)COc1cccc(-c2cnn(C)c2)c1. The summed E-state index contributed by atoms with van der Waals surface area (Å²) in [7, 11) is 3.45. The van der Waals surface area contributed by atoms with Crippen molar-refractivity contribution in [3.05, 3.63) is 36.7 Å². The van der Waals surface area contributed by atoms with E-state index in [4.69, 9.17) is 4.74 Å². The molecule has 5 heteroatoms. The van der Waals surface area contributed by atoms with Gasteiger partial charge in [-0.1, -0.05) is 12.1 Å². The lowest BCUT2D eigenvalue weighted by Gasteiger charge is -2.06. The van der Waals surface area contributed by atoms with Crippen LogP contribution in [0.15, 0.2) is 36.7 Å². The van der Waals surface area contributed by atoms with Crippen molar-refractivity contribution in [1.29, 1.82) is 0 Å². The van der Waals surface area contributed by atoms with E-state index in [0.717, 1.165) is 11.1 Å². The number of ether oxygens (including phenoxy) is 1. The molecule has 0 atom stereocenters. The Hall–Kier alpha value is -2.30. The van der Waals surface area contributed by atoms with Gasteiger partial charge in [0.15, 0.2) is 6.61 Å². The van der Waals surface area contributed by atoms with Gasteiger partial charge in [-0.05, 0) is 17.7 Å². The molecule has 0 fully saturated rings. The second-order valence-corrected chi connectivity index (χ2v) is 3.89. The van der Waals surface area contributed by atoms with Gasteiger partial charge in [-0.2, -0.15) is 5.10 Å². The van der Waals surface area contributed by atoms with E-state index in [1.165, 1.54) is 0 Å². The van der Waals surface area contributed by atoms with E-state index in [1.54, 1.807) is 17.9 Å². The molecule has 0 bridgehead atoms. The molecular formula is C13H15N3O2. The maximum absolute atomic E-state index is 11.1. The van der Waals surface area contributed by atoms with Gasteiger partial charge in [0.05, 0.1) is 6.20 Å². The van der Waals surface area contributed by atoms with Crippen molar-refractivity contribution in [3.8, 4) is 16.9 Å². The molecule has 0 aliphatic carbocycles. The van der Waals surface area contributed by atoms with E-state index in [1.807, 2.05) is 37.5 Å². The lowest BCUT2D eigenvalue weighted by Crippen LogP contribution is -2.24. The largest absolute Gasteiger partial charge is 0.484 e. The van der Waals surface area contributed by atoms with Crippen molar-refractivity contribution in [2.45, 2.75) is 0 Å². The Bertz CT molecular complexity index is 549. The summed E-state index contributed by atoms with van der Waals surface area (Å²) >= 11 is 0. The molecule has 0 aliphatic rings. The highest BCUT2D eigenvalue weighted by Crippen LogP contribution is 2.23. The van der Waals surface area contributed by atoms with Gasteiger partial charge >= 0.3 is 0 Å². The molecule has 0 radical (unpaired) electrons. The third-order valence-corrected chi connectivity index (χ3v) is 2.52. The summed E-state index contributed by atoms with van der Waals surface area (Å²) in [5.41, 5.74) is 2.03. The number of amides is 1. The average Bonchev–Trinajstić information content (AvgIpc) is 2.83. The number of likely N-dealkylation sites (N-methyl/N-ethyl adjacent to an activating group) is 1. The molecule has 2 aromatic rings. The van der Waals surface area contributed by atoms with Gasteiger partial charge in [0.2, 0.25) is 0 Å². The zero-order chi connectivity index (χ0) is 13.0. The van der Waals surface area contributed by atoms with Crippen molar-refractivity contribution in [2.24, 2.45) is 7.05 Å². The number of rotatable bonds is 4. The van der Waals surface area contributed by atoms with E-state index >= 15 is 0 Å². The predicted octanol–water partition coefficient (Wildman–Crippen LogP) is 1.21. The van der Waals surface area contributed by atoms with E-state index in [-0.39, 0.29) is 12.5 Å². The average molecular weight is 245 g/mol. The Balaban J connectivity index is 2.12. The third kappa shape index (κ3) is 2.88. The number of hydrogen-bond acceptors (Lipinski definition) is 3. The molecule has 1 aromatic heterocycles. The van der Waals surface area contributed by atoms with Crippen LogP contribution in [-0.4, -0.2) is 29.3 Å². The molecular weight excluding hydrogens is 230 g/mol. The van der Waals surface area contributed by atoms with Gasteiger partial charge in [0.1, 0.15) is 5.75 Å². The molecule has 18 heavy (non-hydrogen) atoms. The lowest BCUT2D eigenvalue weighted by molar-refractivity contribution is -0.122. The molecule has 0 saturated carbocycles. The number of nitrogens with zero attached hydrogens (tertiary/aromatic N) is 2. The topological polar surface area (TPSA) is 56.1 Å². The lowest BCUT2D eigenvalue weighted by atomic mass is 10.1. The summed E-state index contributed by atoms with van der Waals surface area (Å²) in [6.07, 6.45) is 3.72. The first-order valence-corrected chi connectivity index (χ1v) is 5.61. The minimum Gasteiger partial charge on any atom is -0.484 e. The summed E-state index contributed by atoms with van der Waals surface area (Å²) in [5.74, 6) is 0.515. The first-order valence-electron chi connectivity index (χ1n) is 5.61. The van der Waals surface area contributed by atoms with Gasteiger partial charge in [0.25, 0.3) is 5.91 Å². The van der Waals surface area contributed by atoms with Crippen LogP contribution in [0.5, 0.6) is 5.75 Å². The van der Waals surface area contributed by atoms with Crippen LogP contribution in [0.25, 0.3) is 11.1 Å². The summed E-state index contributed by atoms with van der Waals surface area (Å²) in [4.78, 5) is 11.1.